The second-order valence-corrected chi connectivity index (χ2v) is 6.63. The van der Waals surface area contributed by atoms with Crippen molar-refractivity contribution in [2.75, 3.05) is 0 Å². The van der Waals surface area contributed by atoms with Crippen molar-refractivity contribution < 1.29 is 14.3 Å². The third-order valence-electron chi connectivity index (χ3n) is 4.09. The molecule has 10 heteroatoms. The van der Waals surface area contributed by atoms with Gasteiger partial charge in [0, 0.05) is 24.1 Å². The highest BCUT2D eigenvalue weighted by molar-refractivity contribution is 7.21. The highest BCUT2D eigenvalue weighted by atomic mass is 32.1. The summed E-state index contributed by atoms with van der Waals surface area (Å²) < 4.78 is 17.3. The third kappa shape index (κ3) is 2.51. The molecule has 0 radical (unpaired) electrons. The summed E-state index contributed by atoms with van der Waals surface area (Å²) in [5.41, 5.74) is 1.02. The molecule has 0 N–H and O–H groups in total. The molecule has 3 heterocycles. The van der Waals surface area contributed by atoms with Gasteiger partial charge >= 0.3 is 5.09 Å². The van der Waals surface area contributed by atoms with Gasteiger partial charge in [-0.3, -0.25) is 9.63 Å². The van der Waals surface area contributed by atoms with Gasteiger partial charge in [0.15, 0.2) is 5.06 Å². The Morgan fingerprint density at radius 2 is 2.15 bits per heavy atom. The van der Waals surface area contributed by atoms with Crippen molar-refractivity contribution in [1.82, 2.24) is 14.3 Å². The van der Waals surface area contributed by atoms with Crippen LogP contribution < -0.4 is 10.4 Å². The van der Waals surface area contributed by atoms with Crippen molar-refractivity contribution in [3.8, 4) is 5.06 Å². The molecular weight excluding hydrogens is 363 g/mol. The molecule has 1 aromatic carbocycles. The minimum atomic E-state index is -0.882. The average molecular weight is 374 g/mol. The van der Waals surface area contributed by atoms with E-state index in [4.69, 9.17) is 0 Å². The van der Waals surface area contributed by atoms with Crippen LogP contribution in [0.1, 0.15) is 5.56 Å². The smallest absolute Gasteiger partial charge is 0.300 e. The zero-order valence-corrected chi connectivity index (χ0v) is 14.2. The van der Waals surface area contributed by atoms with E-state index in [-0.39, 0.29) is 17.2 Å². The molecule has 0 bridgehead atoms. The van der Waals surface area contributed by atoms with E-state index in [2.05, 4.69) is 9.94 Å². The van der Waals surface area contributed by atoms with E-state index >= 15 is 0 Å². The first kappa shape index (κ1) is 16.2. The number of halogens is 1. The number of nitrogens with zero attached hydrogens (tertiary/aromatic N) is 4. The summed E-state index contributed by atoms with van der Waals surface area (Å²) in [5.74, 6) is -0.407. The zero-order valence-electron chi connectivity index (χ0n) is 13.4. The van der Waals surface area contributed by atoms with E-state index in [1.165, 1.54) is 23.0 Å². The maximum Gasteiger partial charge on any atom is 0.300 e. The number of benzene rings is 1. The second-order valence-electron chi connectivity index (χ2n) is 5.61. The van der Waals surface area contributed by atoms with Crippen LogP contribution >= 0.6 is 11.3 Å². The minimum absolute atomic E-state index is 0.00988. The van der Waals surface area contributed by atoms with Gasteiger partial charge in [0.05, 0.1) is 23.0 Å². The molecule has 26 heavy (non-hydrogen) atoms. The van der Waals surface area contributed by atoms with Gasteiger partial charge in [0.1, 0.15) is 11.3 Å². The molecule has 0 atom stereocenters. The Hall–Kier alpha value is -3.27. The predicted molar refractivity (Wildman–Crippen MR) is 93.5 cm³/mol. The van der Waals surface area contributed by atoms with Crippen molar-refractivity contribution in [2.24, 2.45) is 7.05 Å². The number of rotatable bonds is 4. The van der Waals surface area contributed by atoms with E-state index in [0.717, 1.165) is 11.3 Å². The summed E-state index contributed by atoms with van der Waals surface area (Å²) in [7, 11) is 1.68. The van der Waals surface area contributed by atoms with E-state index in [1.54, 1.807) is 29.8 Å². The molecule has 0 unspecified atom stereocenters. The number of aryl methyl sites for hydroxylation is 1. The van der Waals surface area contributed by atoms with Crippen molar-refractivity contribution in [2.45, 2.75) is 6.54 Å². The normalized spacial score (nSPS) is 11.3. The molecule has 0 saturated carbocycles. The summed E-state index contributed by atoms with van der Waals surface area (Å²) in [6, 6.07) is 7.70. The van der Waals surface area contributed by atoms with Crippen molar-refractivity contribution >= 4 is 32.5 Å². The van der Waals surface area contributed by atoms with Crippen LogP contribution in [0.2, 0.25) is 0 Å². The van der Waals surface area contributed by atoms with Gasteiger partial charge in [0.25, 0.3) is 5.56 Å². The van der Waals surface area contributed by atoms with Gasteiger partial charge in [0.2, 0.25) is 0 Å². The van der Waals surface area contributed by atoms with Gasteiger partial charge in [-0.2, -0.15) is 5.10 Å². The Morgan fingerprint density at radius 1 is 1.38 bits per heavy atom. The zero-order chi connectivity index (χ0) is 18.4. The Bertz CT molecular complexity index is 1230. The van der Waals surface area contributed by atoms with E-state index in [9.17, 15) is 19.3 Å². The molecule has 0 aliphatic rings. The fourth-order valence-corrected chi connectivity index (χ4v) is 3.94. The Kier molecular flexibility index (Phi) is 3.69. The summed E-state index contributed by atoms with van der Waals surface area (Å²) in [6.07, 6.45) is 1.51. The standard InChI is InChI=1S/C16H11FN4O4S/c1-19-12-6-13(25-21(23)24)26-15(12)10-7-18-20(16(22)14(10)19)8-9-4-2-3-5-11(9)17/h2-7H,8H2,1H3. The van der Waals surface area contributed by atoms with Crippen LogP contribution in [0, 0.1) is 15.9 Å². The predicted octanol–water partition coefficient (Wildman–Crippen LogP) is 2.71. The van der Waals surface area contributed by atoms with E-state index in [0.29, 0.717) is 26.7 Å². The molecule has 4 aromatic rings. The molecule has 4 rings (SSSR count). The number of aromatic nitrogens is 3. The van der Waals surface area contributed by atoms with Crippen LogP contribution in [0.15, 0.2) is 41.3 Å². The molecule has 132 valence electrons. The molecule has 8 nitrogen and oxygen atoms in total. The number of fused-ring (bicyclic) bond motifs is 3. The van der Waals surface area contributed by atoms with Gasteiger partial charge in [-0.15, -0.1) is 21.5 Å². The molecular formula is C16H11FN4O4S. The Labute approximate surface area is 148 Å². The van der Waals surface area contributed by atoms with Crippen LogP contribution in [0.5, 0.6) is 5.06 Å². The summed E-state index contributed by atoms with van der Waals surface area (Å²) in [5, 5.41) is 14.4. The number of hydrogen-bond donors (Lipinski definition) is 0. The fraction of sp³-hybridized carbons (Fsp3) is 0.125. The number of thiophene rings is 1. The lowest BCUT2D eigenvalue weighted by Gasteiger charge is -2.06. The Balaban J connectivity index is 1.85. The highest BCUT2D eigenvalue weighted by Gasteiger charge is 2.18. The second kappa shape index (κ2) is 5.92. The molecule has 0 spiro atoms. The fourth-order valence-electron chi connectivity index (χ4n) is 2.91. The Morgan fingerprint density at radius 3 is 2.88 bits per heavy atom. The SMILES string of the molecule is Cn1c2cc(O[N+](=O)[O-])sc2c2cnn(Cc3ccccc3F)c(=O)c21. The first-order valence-corrected chi connectivity index (χ1v) is 8.31. The minimum Gasteiger partial charge on any atom is -0.338 e. The summed E-state index contributed by atoms with van der Waals surface area (Å²) in [6.45, 7) is 0.00988. The maximum atomic E-state index is 13.9. The van der Waals surface area contributed by atoms with Crippen LogP contribution in [0.25, 0.3) is 21.1 Å². The van der Waals surface area contributed by atoms with Crippen LogP contribution in [0.3, 0.4) is 0 Å². The van der Waals surface area contributed by atoms with Gasteiger partial charge in [-0.25, -0.2) is 9.07 Å². The number of hydrogen-bond acceptors (Lipinski definition) is 6. The average Bonchev–Trinajstić information content (AvgIpc) is 3.10. The first-order valence-electron chi connectivity index (χ1n) is 7.49. The third-order valence-corrected chi connectivity index (χ3v) is 5.12. The monoisotopic (exact) mass is 374 g/mol. The highest BCUT2D eigenvalue weighted by Crippen LogP contribution is 2.37. The molecule has 3 aromatic heterocycles. The van der Waals surface area contributed by atoms with Crippen LogP contribution in [-0.2, 0) is 13.6 Å². The largest absolute Gasteiger partial charge is 0.338 e. The van der Waals surface area contributed by atoms with Gasteiger partial charge in [-0.1, -0.05) is 18.2 Å². The van der Waals surface area contributed by atoms with Gasteiger partial charge in [-0.05, 0) is 6.07 Å². The molecule has 0 aliphatic carbocycles. The molecule has 0 aliphatic heterocycles. The van der Waals surface area contributed by atoms with E-state index in [1.807, 2.05) is 0 Å². The van der Waals surface area contributed by atoms with Crippen molar-refractivity contribution in [3.63, 3.8) is 0 Å². The van der Waals surface area contributed by atoms with Crippen molar-refractivity contribution in [3.05, 3.63) is 68.4 Å². The first-order chi connectivity index (χ1) is 12.5. The van der Waals surface area contributed by atoms with Crippen LogP contribution in [-0.4, -0.2) is 19.4 Å². The lowest BCUT2D eigenvalue weighted by Crippen LogP contribution is -2.24. The topological polar surface area (TPSA) is 92.2 Å². The summed E-state index contributed by atoms with van der Waals surface area (Å²) in [4.78, 5) is 27.8. The van der Waals surface area contributed by atoms with Gasteiger partial charge < -0.3 is 4.57 Å². The lowest BCUT2D eigenvalue weighted by atomic mass is 10.2. The van der Waals surface area contributed by atoms with Crippen molar-refractivity contribution in [1.29, 1.82) is 0 Å². The lowest BCUT2D eigenvalue weighted by molar-refractivity contribution is -0.710. The van der Waals surface area contributed by atoms with E-state index < -0.39 is 10.9 Å². The quantitative estimate of drug-likeness (QED) is 0.404. The summed E-state index contributed by atoms with van der Waals surface area (Å²) >= 11 is 1.06. The molecule has 0 amide bonds. The maximum absolute atomic E-state index is 13.9. The molecule has 0 fully saturated rings. The molecule has 0 saturated heterocycles. The van der Waals surface area contributed by atoms with Crippen LogP contribution in [0.4, 0.5) is 4.39 Å².